The van der Waals surface area contributed by atoms with E-state index in [9.17, 15) is 4.79 Å². The highest BCUT2D eigenvalue weighted by Gasteiger charge is 2.24. The van der Waals surface area contributed by atoms with E-state index in [-0.39, 0.29) is 17.3 Å². The van der Waals surface area contributed by atoms with Crippen LogP contribution in [0.4, 0.5) is 0 Å². The van der Waals surface area contributed by atoms with Gasteiger partial charge in [-0.3, -0.25) is 4.79 Å². The van der Waals surface area contributed by atoms with Gasteiger partial charge in [0.2, 0.25) is 5.16 Å². The number of carbonyl (C=O) groups is 1. The third kappa shape index (κ3) is 4.29. The molecule has 0 amide bonds. The molecule has 0 bridgehead atoms. The van der Waals surface area contributed by atoms with Gasteiger partial charge in [0.15, 0.2) is 0 Å². The molecule has 0 aliphatic heterocycles. The summed E-state index contributed by atoms with van der Waals surface area (Å²) in [5.74, 6) is -0.259. The lowest BCUT2D eigenvalue weighted by molar-refractivity contribution is -0.153. The van der Waals surface area contributed by atoms with E-state index >= 15 is 0 Å². The van der Waals surface area contributed by atoms with E-state index < -0.39 is 5.60 Å². The Bertz CT molecular complexity index is 411. The number of ether oxygens (including phenoxy) is 1. The van der Waals surface area contributed by atoms with Gasteiger partial charge in [-0.05, 0) is 52.0 Å². The number of tetrazole rings is 1. The Morgan fingerprint density at radius 2 is 1.94 bits per heavy atom. The lowest BCUT2D eigenvalue weighted by Gasteiger charge is -2.21. The maximum Gasteiger partial charge on any atom is 0.319 e. The Morgan fingerprint density at radius 1 is 1.33 bits per heavy atom. The van der Waals surface area contributed by atoms with Gasteiger partial charge in [-0.25, -0.2) is 4.68 Å². The highest BCUT2D eigenvalue weighted by atomic mass is 32.2. The predicted molar refractivity (Wildman–Crippen MR) is 69.4 cm³/mol. The summed E-state index contributed by atoms with van der Waals surface area (Å²) in [5, 5.41) is 11.7. The van der Waals surface area contributed by atoms with Crippen molar-refractivity contribution < 1.29 is 9.53 Å². The molecule has 0 saturated heterocycles. The Balaban J connectivity index is 2.67. The van der Waals surface area contributed by atoms with Crippen LogP contribution < -0.4 is 0 Å². The first-order valence-electron chi connectivity index (χ1n) is 5.88. The van der Waals surface area contributed by atoms with Crippen molar-refractivity contribution in [2.45, 2.75) is 63.6 Å². The first-order valence-corrected chi connectivity index (χ1v) is 6.76. The first kappa shape index (κ1) is 14.9. The van der Waals surface area contributed by atoms with Gasteiger partial charge < -0.3 is 4.74 Å². The molecule has 102 valence electrons. The van der Waals surface area contributed by atoms with Gasteiger partial charge in [-0.2, -0.15) is 0 Å². The average Bonchev–Trinajstić information content (AvgIpc) is 2.62. The predicted octanol–water partition coefficient (Wildman–Crippen LogP) is 2.08. The molecule has 0 aliphatic rings. The van der Waals surface area contributed by atoms with Crippen molar-refractivity contribution in [2.24, 2.45) is 0 Å². The molecule has 6 nitrogen and oxygen atoms in total. The molecule has 1 aromatic rings. The van der Waals surface area contributed by atoms with Gasteiger partial charge >= 0.3 is 5.97 Å². The van der Waals surface area contributed by atoms with E-state index in [4.69, 9.17) is 4.74 Å². The molecule has 1 atom stereocenters. The zero-order valence-corrected chi connectivity index (χ0v) is 12.5. The van der Waals surface area contributed by atoms with Crippen LogP contribution in [0.1, 0.15) is 47.6 Å². The average molecular weight is 272 g/mol. The van der Waals surface area contributed by atoms with E-state index in [0.29, 0.717) is 5.16 Å². The van der Waals surface area contributed by atoms with E-state index in [1.807, 2.05) is 34.6 Å². The smallest absolute Gasteiger partial charge is 0.319 e. The SMILES string of the molecule is CC(Sc1nnnn1C(C)C)C(=O)OC(C)(C)C. The Morgan fingerprint density at radius 3 is 2.44 bits per heavy atom. The number of carbonyl (C=O) groups excluding carboxylic acids is 1. The summed E-state index contributed by atoms with van der Waals surface area (Å²) >= 11 is 1.31. The van der Waals surface area contributed by atoms with Gasteiger partial charge in [0, 0.05) is 0 Å². The molecular weight excluding hydrogens is 252 g/mol. The molecule has 1 aromatic heterocycles. The molecule has 0 radical (unpaired) electrons. The van der Waals surface area contributed by atoms with Crippen LogP contribution in [0, 0.1) is 0 Å². The molecule has 0 saturated carbocycles. The third-order valence-corrected chi connectivity index (χ3v) is 3.00. The number of esters is 1. The molecule has 0 aromatic carbocycles. The maximum atomic E-state index is 11.8. The first-order chi connectivity index (χ1) is 8.20. The number of hydrogen-bond donors (Lipinski definition) is 0. The minimum atomic E-state index is -0.476. The van der Waals surface area contributed by atoms with Crippen molar-refractivity contribution >= 4 is 17.7 Å². The largest absolute Gasteiger partial charge is 0.459 e. The molecule has 0 spiro atoms. The third-order valence-electron chi connectivity index (χ3n) is 1.97. The van der Waals surface area contributed by atoms with Crippen LogP contribution in [0.5, 0.6) is 0 Å². The standard InChI is InChI=1S/C11H20N4O2S/c1-7(2)15-10(12-13-14-15)18-8(3)9(16)17-11(4,5)6/h7-8H,1-6H3. The fourth-order valence-electron chi connectivity index (χ4n) is 1.18. The minimum absolute atomic E-state index is 0.160. The van der Waals surface area contributed by atoms with Crippen molar-refractivity contribution in [3.8, 4) is 0 Å². The van der Waals surface area contributed by atoms with Crippen LogP contribution in [0.25, 0.3) is 0 Å². The highest BCUT2D eigenvalue weighted by molar-refractivity contribution is 8.00. The lowest BCUT2D eigenvalue weighted by atomic mass is 10.2. The molecule has 1 rings (SSSR count). The molecule has 1 unspecified atom stereocenters. The van der Waals surface area contributed by atoms with E-state index in [0.717, 1.165) is 0 Å². The topological polar surface area (TPSA) is 69.9 Å². The second-order valence-electron chi connectivity index (χ2n) is 5.29. The number of nitrogens with zero attached hydrogens (tertiary/aromatic N) is 4. The van der Waals surface area contributed by atoms with Crippen LogP contribution >= 0.6 is 11.8 Å². The summed E-state index contributed by atoms with van der Waals surface area (Å²) in [6.45, 7) is 11.3. The van der Waals surface area contributed by atoms with Crippen molar-refractivity contribution in [2.75, 3.05) is 0 Å². The summed E-state index contributed by atoms with van der Waals surface area (Å²) in [5.41, 5.74) is -0.476. The van der Waals surface area contributed by atoms with Crippen molar-refractivity contribution in [1.82, 2.24) is 20.2 Å². The molecule has 0 aliphatic carbocycles. The molecule has 0 N–H and O–H groups in total. The summed E-state index contributed by atoms with van der Waals surface area (Å²) in [7, 11) is 0. The molecule has 18 heavy (non-hydrogen) atoms. The van der Waals surface area contributed by atoms with Crippen LogP contribution in [-0.2, 0) is 9.53 Å². The monoisotopic (exact) mass is 272 g/mol. The second kappa shape index (κ2) is 5.69. The summed E-state index contributed by atoms with van der Waals surface area (Å²) in [6.07, 6.45) is 0. The van der Waals surface area contributed by atoms with Gasteiger partial charge in [0.25, 0.3) is 0 Å². The van der Waals surface area contributed by atoms with Crippen LogP contribution in [0.3, 0.4) is 0 Å². The Hall–Kier alpha value is -1.11. The minimum Gasteiger partial charge on any atom is -0.459 e. The fraction of sp³-hybridized carbons (Fsp3) is 0.818. The van der Waals surface area contributed by atoms with Crippen molar-refractivity contribution in [1.29, 1.82) is 0 Å². The van der Waals surface area contributed by atoms with Gasteiger partial charge in [0.05, 0.1) is 6.04 Å². The van der Waals surface area contributed by atoms with Crippen LogP contribution in [-0.4, -0.2) is 37.0 Å². The van der Waals surface area contributed by atoms with E-state index in [1.165, 1.54) is 11.8 Å². The van der Waals surface area contributed by atoms with E-state index in [1.54, 1.807) is 11.6 Å². The van der Waals surface area contributed by atoms with Crippen LogP contribution in [0.2, 0.25) is 0 Å². The highest BCUT2D eigenvalue weighted by Crippen LogP contribution is 2.24. The van der Waals surface area contributed by atoms with Crippen molar-refractivity contribution in [3.05, 3.63) is 0 Å². The number of hydrogen-bond acceptors (Lipinski definition) is 6. The quantitative estimate of drug-likeness (QED) is 0.617. The molecular formula is C11H20N4O2S. The molecule has 1 heterocycles. The summed E-state index contributed by atoms with van der Waals surface area (Å²) in [4.78, 5) is 11.8. The lowest BCUT2D eigenvalue weighted by Crippen LogP contribution is -2.29. The van der Waals surface area contributed by atoms with Gasteiger partial charge in [-0.1, -0.05) is 11.8 Å². The zero-order valence-electron chi connectivity index (χ0n) is 11.7. The molecule has 0 fully saturated rings. The van der Waals surface area contributed by atoms with E-state index in [2.05, 4.69) is 15.5 Å². The summed E-state index contributed by atoms with van der Waals surface area (Å²) in [6, 6.07) is 0.160. The van der Waals surface area contributed by atoms with Crippen molar-refractivity contribution in [3.63, 3.8) is 0 Å². The number of thioether (sulfide) groups is 1. The number of rotatable bonds is 4. The molecule has 7 heteroatoms. The van der Waals surface area contributed by atoms with Gasteiger partial charge in [-0.15, -0.1) is 5.10 Å². The second-order valence-corrected chi connectivity index (χ2v) is 6.60. The van der Waals surface area contributed by atoms with Gasteiger partial charge in [0.1, 0.15) is 10.9 Å². The zero-order chi connectivity index (χ0) is 13.9. The number of aromatic nitrogens is 4. The maximum absolute atomic E-state index is 11.8. The Labute approximate surface area is 111 Å². The fourth-order valence-corrected chi connectivity index (χ4v) is 2.08. The normalized spacial score (nSPS) is 13.7. The van der Waals surface area contributed by atoms with Crippen LogP contribution in [0.15, 0.2) is 5.16 Å². The summed E-state index contributed by atoms with van der Waals surface area (Å²) < 4.78 is 7.00. The Kier molecular flexibility index (Phi) is 4.72.